The fourth-order valence-electron chi connectivity index (χ4n) is 2.93. The maximum atomic E-state index is 12.3. The van der Waals surface area contributed by atoms with E-state index in [0.29, 0.717) is 18.8 Å². The molecule has 0 radical (unpaired) electrons. The molecule has 0 bridgehead atoms. The summed E-state index contributed by atoms with van der Waals surface area (Å²) in [5, 5.41) is 6.07. The summed E-state index contributed by atoms with van der Waals surface area (Å²) in [7, 11) is 0. The van der Waals surface area contributed by atoms with Crippen LogP contribution in [0.25, 0.3) is 21.7 Å². The van der Waals surface area contributed by atoms with Crippen LogP contribution < -0.4 is 10.1 Å². The van der Waals surface area contributed by atoms with Crippen LogP contribution in [0.2, 0.25) is 0 Å². The largest absolute Gasteiger partial charge is 0.491 e. The number of amides is 1. The van der Waals surface area contributed by atoms with Gasteiger partial charge in [0.25, 0.3) is 5.91 Å². The molecule has 0 aliphatic heterocycles. The van der Waals surface area contributed by atoms with E-state index in [-0.39, 0.29) is 5.91 Å². The summed E-state index contributed by atoms with van der Waals surface area (Å²) in [5.41, 5.74) is 1.22. The minimum Gasteiger partial charge on any atom is -0.491 e. The number of nitrogens with one attached hydrogen (secondary N) is 1. The van der Waals surface area contributed by atoms with E-state index in [1.54, 1.807) is 6.07 Å². The molecule has 1 amide bonds. The van der Waals surface area contributed by atoms with Crippen molar-refractivity contribution in [3.63, 3.8) is 0 Å². The standard InChI is InChI=1S/C22H18N2O2/c25-22(20-13-12-17-7-2-4-10-19(17)24-20)23-14-15-26-21-11-5-8-16-6-1-3-9-18(16)21/h1-13H,14-15H2,(H,23,25). The number of pyridine rings is 1. The second kappa shape index (κ2) is 7.23. The third-order valence-electron chi connectivity index (χ3n) is 4.23. The summed E-state index contributed by atoms with van der Waals surface area (Å²) in [6.45, 7) is 0.809. The zero-order valence-electron chi connectivity index (χ0n) is 14.2. The lowest BCUT2D eigenvalue weighted by Crippen LogP contribution is -2.28. The molecular weight excluding hydrogens is 324 g/mol. The number of rotatable bonds is 5. The first-order chi connectivity index (χ1) is 12.8. The van der Waals surface area contributed by atoms with Crippen LogP contribution in [0, 0.1) is 0 Å². The van der Waals surface area contributed by atoms with Gasteiger partial charge in [0.1, 0.15) is 18.1 Å². The van der Waals surface area contributed by atoms with Crippen molar-refractivity contribution in [2.75, 3.05) is 13.2 Å². The van der Waals surface area contributed by atoms with Crippen LogP contribution in [0.15, 0.2) is 78.9 Å². The topological polar surface area (TPSA) is 51.2 Å². The van der Waals surface area contributed by atoms with Gasteiger partial charge < -0.3 is 10.1 Å². The van der Waals surface area contributed by atoms with Gasteiger partial charge in [-0.3, -0.25) is 4.79 Å². The smallest absolute Gasteiger partial charge is 0.270 e. The molecular formula is C22H18N2O2. The van der Waals surface area contributed by atoms with Gasteiger partial charge in [-0.05, 0) is 23.6 Å². The van der Waals surface area contributed by atoms with E-state index < -0.39 is 0 Å². The van der Waals surface area contributed by atoms with Gasteiger partial charge >= 0.3 is 0 Å². The molecule has 1 N–H and O–H groups in total. The molecule has 0 fully saturated rings. The summed E-state index contributed by atoms with van der Waals surface area (Å²) >= 11 is 0. The van der Waals surface area contributed by atoms with E-state index in [1.807, 2.05) is 60.7 Å². The molecule has 0 aliphatic carbocycles. The monoisotopic (exact) mass is 342 g/mol. The number of aromatic nitrogens is 1. The zero-order valence-corrected chi connectivity index (χ0v) is 14.2. The summed E-state index contributed by atoms with van der Waals surface area (Å²) < 4.78 is 5.84. The molecule has 1 aromatic heterocycles. The first kappa shape index (κ1) is 16.1. The molecule has 0 unspecified atom stereocenters. The Labute approximate surface area is 151 Å². The van der Waals surface area contributed by atoms with Crippen LogP contribution >= 0.6 is 0 Å². The number of para-hydroxylation sites is 1. The Hall–Kier alpha value is -3.40. The third-order valence-corrected chi connectivity index (χ3v) is 4.23. The molecule has 4 nitrogen and oxygen atoms in total. The molecule has 4 aromatic rings. The number of nitrogens with zero attached hydrogens (tertiary/aromatic N) is 1. The molecule has 0 saturated carbocycles. The van der Waals surface area contributed by atoms with Crippen molar-refractivity contribution in [2.45, 2.75) is 0 Å². The summed E-state index contributed by atoms with van der Waals surface area (Å²) in [6.07, 6.45) is 0. The first-order valence-electron chi connectivity index (χ1n) is 8.56. The summed E-state index contributed by atoms with van der Waals surface area (Å²) in [5.74, 6) is 0.624. The van der Waals surface area contributed by atoms with E-state index >= 15 is 0 Å². The van der Waals surface area contributed by atoms with E-state index in [0.717, 1.165) is 27.4 Å². The Morgan fingerprint density at radius 1 is 0.846 bits per heavy atom. The van der Waals surface area contributed by atoms with E-state index in [9.17, 15) is 4.79 Å². The molecule has 26 heavy (non-hydrogen) atoms. The fourth-order valence-corrected chi connectivity index (χ4v) is 2.93. The van der Waals surface area contributed by atoms with Gasteiger partial charge in [0.2, 0.25) is 0 Å². The Bertz CT molecular complexity index is 1070. The number of carbonyl (C=O) groups excluding carboxylic acids is 1. The van der Waals surface area contributed by atoms with Gasteiger partial charge in [0.05, 0.1) is 12.1 Å². The van der Waals surface area contributed by atoms with Crippen LogP contribution in [0.4, 0.5) is 0 Å². The maximum absolute atomic E-state index is 12.3. The van der Waals surface area contributed by atoms with Crippen LogP contribution in [0.5, 0.6) is 5.75 Å². The SMILES string of the molecule is O=C(NCCOc1cccc2ccccc12)c1ccc2ccccc2n1. The molecule has 0 spiro atoms. The lowest BCUT2D eigenvalue weighted by Gasteiger charge is -2.10. The van der Waals surface area contributed by atoms with E-state index in [1.165, 1.54) is 0 Å². The highest BCUT2D eigenvalue weighted by Crippen LogP contribution is 2.24. The lowest BCUT2D eigenvalue weighted by molar-refractivity contribution is 0.0942. The Morgan fingerprint density at radius 2 is 1.62 bits per heavy atom. The summed E-state index contributed by atoms with van der Waals surface area (Å²) in [4.78, 5) is 16.7. The van der Waals surface area contributed by atoms with Crippen molar-refractivity contribution in [1.82, 2.24) is 10.3 Å². The van der Waals surface area contributed by atoms with Gasteiger partial charge in [-0.15, -0.1) is 0 Å². The van der Waals surface area contributed by atoms with E-state index in [4.69, 9.17) is 4.74 Å². The highest BCUT2D eigenvalue weighted by atomic mass is 16.5. The minimum atomic E-state index is -0.197. The maximum Gasteiger partial charge on any atom is 0.270 e. The normalized spacial score (nSPS) is 10.8. The molecule has 1 heterocycles. The minimum absolute atomic E-state index is 0.197. The average Bonchev–Trinajstić information content (AvgIpc) is 2.70. The third kappa shape index (κ3) is 3.35. The highest BCUT2D eigenvalue weighted by Gasteiger charge is 2.08. The van der Waals surface area contributed by atoms with Gasteiger partial charge in [-0.2, -0.15) is 0 Å². The molecule has 0 atom stereocenters. The predicted molar refractivity (Wildman–Crippen MR) is 104 cm³/mol. The molecule has 4 heteroatoms. The molecule has 128 valence electrons. The molecule has 0 aliphatic rings. The number of fused-ring (bicyclic) bond motifs is 2. The van der Waals surface area contributed by atoms with Crippen molar-refractivity contribution in [2.24, 2.45) is 0 Å². The molecule has 3 aromatic carbocycles. The van der Waals surface area contributed by atoms with Crippen molar-refractivity contribution in [3.8, 4) is 5.75 Å². The Morgan fingerprint density at radius 3 is 2.54 bits per heavy atom. The number of carbonyl (C=O) groups is 1. The zero-order chi connectivity index (χ0) is 17.8. The highest BCUT2D eigenvalue weighted by molar-refractivity contribution is 5.94. The average molecular weight is 342 g/mol. The number of ether oxygens (including phenoxy) is 1. The first-order valence-corrected chi connectivity index (χ1v) is 8.56. The van der Waals surface area contributed by atoms with Crippen molar-refractivity contribution in [1.29, 1.82) is 0 Å². The van der Waals surface area contributed by atoms with Gasteiger partial charge in [-0.1, -0.05) is 60.7 Å². The lowest BCUT2D eigenvalue weighted by atomic mass is 10.1. The van der Waals surface area contributed by atoms with Crippen LogP contribution in [0.1, 0.15) is 10.5 Å². The van der Waals surface area contributed by atoms with Gasteiger partial charge in [0, 0.05) is 10.8 Å². The van der Waals surface area contributed by atoms with Crippen molar-refractivity contribution in [3.05, 3.63) is 84.6 Å². The summed E-state index contributed by atoms with van der Waals surface area (Å²) in [6, 6.07) is 25.4. The van der Waals surface area contributed by atoms with Crippen LogP contribution in [-0.2, 0) is 0 Å². The Kier molecular flexibility index (Phi) is 4.48. The van der Waals surface area contributed by atoms with Gasteiger partial charge in [-0.25, -0.2) is 4.98 Å². The number of hydrogen-bond donors (Lipinski definition) is 1. The van der Waals surface area contributed by atoms with E-state index in [2.05, 4.69) is 22.4 Å². The van der Waals surface area contributed by atoms with Gasteiger partial charge in [0.15, 0.2) is 0 Å². The number of hydrogen-bond acceptors (Lipinski definition) is 3. The second-order valence-electron chi connectivity index (χ2n) is 5.97. The van der Waals surface area contributed by atoms with Crippen LogP contribution in [0.3, 0.4) is 0 Å². The quantitative estimate of drug-likeness (QED) is 0.553. The predicted octanol–water partition coefficient (Wildman–Crippen LogP) is 4.20. The molecule has 4 rings (SSSR count). The molecule has 0 saturated heterocycles. The van der Waals surface area contributed by atoms with Crippen molar-refractivity contribution < 1.29 is 9.53 Å². The number of benzene rings is 3. The van der Waals surface area contributed by atoms with Crippen molar-refractivity contribution >= 4 is 27.6 Å². The van der Waals surface area contributed by atoms with Crippen LogP contribution in [-0.4, -0.2) is 24.0 Å². The second-order valence-corrected chi connectivity index (χ2v) is 5.97. The fraction of sp³-hybridized carbons (Fsp3) is 0.0909. The Balaban J connectivity index is 1.37.